The average molecular weight is 221 g/mol. The molecule has 1 rings (SSSR count). The number of amides is 1. The molecule has 1 amide bonds. The first-order valence-corrected chi connectivity index (χ1v) is 4.87. The standard InChI is InChI=1S/C10H14F3NO/c1-7(2)6-14-4-3-8(5-9(14)15)10(11,12)13/h5,7H,3-4,6H2,1-2H3. The van der Waals surface area contributed by atoms with Crippen LogP contribution in [0, 0.1) is 5.92 Å². The SMILES string of the molecule is CC(C)CN1CCC(C(F)(F)F)=CC1=O. The number of rotatable bonds is 2. The first-order chi connectivity index (χ1) is 6.80. The highest BCUT2D eigenvalue weighted by molar-refractivity contribution is 5.89. The zero-order valence-corrected chi connectivity index (χ0v) is 8.77. The molecule has 0 aliphatic carbocycles. The maximum Gasteiger partial charge on any atom is 0.412 e. The molecule has 5 heteroatoms. The van der Waals surface area contributed by atoms with Gasteiger partial charge in [0.15, 0.2) is 0 Å². The van der Waals surface area contributed by atoms with Crippen LogP contribution in [0.2, 0.25) is 0 Å². The van der Waals surface area contributed by atoms with E-state index in [1.165, 1.54) is 4.90 Å². The van der Waals surface area contributed by atoms with Gasteiger partial charge in [0.1, 0.15) is 0 Å². The third kappa shape index (κ3) is 3.25. The maximum atomic E-state index is 12.3. The first kappa shape index (κ1) is 12.1. The van der Waals surface area contributed by atoms with Crippen LogP contribution in [0.3, 0.4) is 0 Å². The van der Waals surface area contributed by atoms with Gasteiger partial charge in [-0.3, -0.25) is 4.79 Å². The van der Waals surface area contributed by atoms with E-state index in [1.807, 2.05) is 13.8 Å². The van der Waals surface area contributed by atoms with Crippen LogP contribution >= 0.6 is 0 Å². The number of halogens is 3. The molecule has 0 aromatic rings. The molecule has 0 saturated carbocycles. The first-order valence-electron chi connectivity index (χ1n) is 4.87. The lowest BCUT2D eigenvalue weighted by Crippen LogP contribution is -2.38. The zero-order chi connectivity index (χ0) is 11.6. The Balaban J connectivity index is 2.70. The predicted octanol–water partition coefficient (Wildman–Crippen LogP) is 2.36. The lowest BCUT2D eigenvalue weighted by atomic mass is 10.1. The summed E-state index contributed by atoms with van der Waals surface area (Å²) in [4.78, 5) is 12.8. The lowest BCUT2D eigenvalue weighted by molar-refractivity contribution is -0.130. The predicted molar refractivity (Wildman–Crippen MR) is 50.2 cm³/mol. The highest BCUT2D eigenvalue weighted by atomic mass is 19.4. The van der Waals surface area contributed by atoms with Crippen LogP contribution in [0.25, 0.3) is 0 Å². The molecular formula is C10H14F3NO. The summed E-state index contributed by atoms with van der Waals surface area (Å²) in [6, 6.07) is 0. The van der Waals surface area contributed by atoms with Crippen molar-refractivity contribution in [3.8, 4) is 0 Å². The van der Waals surface area contributed by atoms with Crippen molar-refractivity contribution in [1.29, 1.82) is 0 Å². The van der Waals surface area contributed by atoms with Gasteiger partial charge in [-0.05, 0) is 12.3 Å². The van der Waals surface area contributed by atoms with E-state index in [9.17, 15) is 18.0 Å². The molecule has 15 heavy (non-hydrogen) atoms. The smallest absolute Gasteiger partial charge is 0.339 e. The number of nitrogens with zero attached hydrogens (tertiary/aromatic N) is 1. The van der Waals surface area contributed by atoms with Gasteiger partial charge >= 0.3 is 6.18 Å². The van der Waals surface area contributed by atoms with Crippen molar-refractivity contribution >= 4 is 5.91 Å². The second-order valence-corrected chi connectivity index (χ2v) is 4.10. The molecule has 0 spiro atoms. The second kappa shape index (κ2) is 4.24. The van der Waals surface area contributed by atoms with Gasteiger partial charge in [-0.1, -0.05) is 13.8 Å². The number of hydrogen-bond donors (Lipinski definition) is 0. The number of carbonyl (C=O) groups is 1. The minimum absolute atomic E-state index is 0.0953. The summed E-state index contributed by atoms with van der Waals surface area (Å²) in [6.45, 7) is 4.54. The van der Waals surface area contributed by atoms with Crippen LogP contribution in [-0.4, -0.2) is 30.1 Å². The Morgan fingerprint density at radius 1 is 1.47 bits per heavy atom. The fourth-order valence-corrected chi connectivity index (χ4v) is 1.52. The average Bonchev–Trinajstić information content (AvgIpc) is 2.05. The Morgan fingerprint density at radius 2 is 2.07 bits per heavy atom. The quantitative estimate of drug-likeness (QED) is 0.701. The fraction of sp³-hybridized carbons (Fsp3) is 0.700. The van der Waals surface area contributed by atoms with E-state index >= 15 is 0 Å². The summed E-state index contributed by atoms with van der Waals surface area (Å²) in [5.74, 6) is -0.253. The van der Waals surface area contributed by atoms with Crippen LogP contribution in [0.15, 0.2) is 11.6 Å². The molecule has 0 aromatic carbocycles. The van der Waals surface area contributed by atoms with Crippen molar-refractivity contribution in [3.05, 3.63) is 11.6 Å². The van der Waals surface area contributed by atoms with Crippen molar-refractivity contribution in [2.45, 2.75) is 26.4 Å². The topological polar surface area (TPSA) is 20.3 Å². The van der Waals surface area contributed by atoms with Crippen molar-refractivity contribution in [2.24, 2.45) is 5.92 Å². The summed E-state index contributed by atoms with van der Waals surface area (Å²) >= 11 is 0. The number of hydrogen-bond acceptors (Lipinski definition) is 1. The molecule has 0 fully saturated rings. The monoisotopic (exact) mass is 221 g/mol. The summed E-state index contributed by atoms with van der Waals surface area (Å²) in [7, 11) is 0. The van der Waals surface area contributed by atoms with Gasteiger partial charge in [-0.25, -0.2) is 0 Å². The molecule has 1 heterocycles. The van der Waals surface area contributed by atoms with E-state index in [4.69, 9.17) is 0 Å². The molecule has 0 radical (unpaired) electrons. The van der Waals surface area contributed by atoms with Gasteiger partial charge in [0.25, 0.3) is 0 Å². The van der Waals surface area contributed by atoms with E-state index in [1.54, 1.807) is 0 Å². The van der Waals surface area contributed by atoms with E-state index in [0.717, 1.165) is 0 Å². The highest BCUT2D eigenvalue weighted by Gasteiger charge is 2.36. The molecule has 0 saturated heterocycles. The molecule has 2 nitrogen and oxygen atoms in total. The van der Waals surface area contributed by atoms with Crippen LogP contribution in [-0.2, 0) is 4.79 Å². The number of alkyl halides is 3. The third-order valence-electron chi connectivity index (χ3n) is 2.21. The van der Waals surface area contributed by atoms with Crippen molar-refractivity contribution < 1.29 is 18.0 Å². The molecule has 1 aliphatic heterocycles. The normalized spacial score (nSPS) is 18.4. The second-order valence-electron chi connectivity index (χ2n) is 4.10. The van der Waals surface area contributed by atoms with Gasteiger partial charge < -0.3 is 4.90 Å². The van der Waals surface area contributed by atoms with Gasteiger partial charge in [0.2, 0.25) is 5.91 Å². The molecular weight excluding hydrogens is 207 g/mol. The van der Waals surface area contributed by atoms with Gasteiger partial charge in [0, 0.05) is 24.7 Å². The molecule has 0 aromatic heterocycles. The Hall–Kier alpha value is -1.00. The Bertz CT molecular complexity index is 281. The largest absolute Gasteiger partial charge is 0.412 e. The highest BCUT2D eigenvalue weighted by Crippen LogP contribution is 2.30. The van der Waals surface area contributed by atoms with Crippen LogP contribution < -0.4 is 0 Å². The molecule has 1 aliphatic rings. The van der Waals surface area contributed by atoms with Gasteiger partial charge in [-0.15, -0.1) is 0 Å². The van der Waals surface area contributed by atoms with Gasteiger partial charge in [0.05, 0.1) is 0 Å². The summed E-state index contributed by atoms with van der Waals surface area (Å²) < 4.78 is 36.8. The Labute approximate surface area is 86.7 Å². The minimum atomic E-state index is -4.36. The lowest BCUT2D eigenvalue weighted by Gasteiger charge is -2.28. The van der Waals surface area contributed by atoms with Crippen molar-refractivity contribution in [2.75, 3.05) is 13.1 Å². The van der Waals surface area contributed by atoms with Crippen LogP contribution in [0.5, 0.6) is 0 Å². The zero-order valence-electron chi connectivity index (χ0n) is 8.77. The third-order valence-corrected chi connectivity index (χ3v) is 2.21. The summed E-state index contributed by atoms with van der Waals surface area (Å²) in [5.41, 5.74) is -0.715. The van der Waals surface area contributed by atoms with Crippen LogP contribution in [0.4, 0.5) is 13.2 Å². The van der Waals surface area contributed by atoms with Crippen LogP contribution in [0.1, 0.15) is 20.3 Å². The molecule has 0 N–H and O–H groups in total. The number of carbonyl (C=O) groups excluding carboxylic acids is 1. The molecule has 0 atom stereocenters. The minimum Gasteiger partial charge on any atom is -0.339 e. The Kier molecular flexibility index (Phi) is 3.42. The Morgan fingerprint density at radius 3 is 2.47 bits per heavy atom. The molecule has 0 bridgehead atoms. The van der Waals surface area contributed by atoms with E-state index < -0.39 is 17.7 Å². The summed E-state index contributed by atoms with van der Waals surface area (Å²) in [5, 5.41) is 0. The van der Waals surface area contributed by atoms with E-state index in [2.05, 4.69) is 0 Å². The van der Waals surface area contributed by atoms with Gasteiger partial charge in [-0.2, -0.15) is 13.2 Å². The summed E-state index contributed by atoms with van der Waals surface area (Å²) in [6.07, 6.45) is -3.74. The maximum absolute atomic E-state index is 12.3. The van der Waals surface area contributed by atoms with E-state index in [0.29, 0.717) is 12.6 Å². The van der Waals surface area contributed by atoms with Crippen molar-refractivity contribution in [1.82, 2.24) is 4.90 Å². The van der Waals surface area contributed by atoms with E-state index in [-0.39, 0.29) is 18.9 Å². The van der Waals surface area contributed by atoms with Crippen molar-refractivity contribution in [3.63, 3.8) is 0 Å². The molecule has 86 valence electrons. The molecule has 0 unspecified atom stereocenters. The fourth-order valence-electron chi connectivity index (χ4n) is 1.52.